The molecule has 0 bridgehead atoms. The lowest BCUT2D eigenvalue weighted by Gasteiger charge is -2.14. The first-order valence-corrected chi connectivity index (χ1v) is 10.9. The molecule has 0 atom stereocenters. The van der Waals surface area contributed by atoms with Crippen LogP contribution in [0.5, 0.6) is 11.5 Å². The minimum Gasteiger partial charge on any atom is -0.493 e. The fourth-order valence-corrected chi connectivity index (χ4v) is 3.77. The number of amides is 1. The summed E-state index contributed by atoms with van der Waals surface area (Å²) in [5.41, 5.74) is 2.79. The van der Waals surface area contributed by atoms with Crippen molar-refractivity contribution in [3.8, 4) is 11.5 Å². The largest absolute Gasteiger partial charge is 0.493 e. The molecule has 0 aliphatic carbocycles. The van der Waals surface area contributed by atoms with E-state index in [4.69, 9.17) is 9.47 Å². The average molecular weight is 422 g/mol. The summed E-state index contributed by atoms with van der Waals surface area (Å²) in [4.78, 5) is 13.7. The number of hydrogen-bond donors (Lipinski definition) is 1. The second kappa shape index (κ2) is 10.7. The Morgan fingerprint density at radius 2 is 1.63 bits per heavy atom. The van der Waals surface area contributed by atoms with Crippen LogP contribution in [0.1, 0.15) is 35.3 Å². The minimum atomic E-state index is -0.0984. The third-order valence-electron chi connectivity index (χ3n) is 4.41. The number of nitrogens with one attached hydrogen (secondary N) is 1. The standard InChI is InChI=1S/C25H27NO3S/c1-18(2)29-23-14-11-20(15-24(23)28-3)16-26-25(27)21-12-9-19(10-13-21)17-30-22-7-5-4-6-8-22/h4-15,18H,16-17H2,1-3H3,(H,26,27). The quantitative estimate of drug-likeness (QED) is 0.450. The predicted octanol–water partition coefficient (Wildman–Crippen LogP) is 5.70. The van der Waals surface area contributed by atoms with Gasteiger partial charge >= 0.3 is 0 Å². The molecule has 0 unspecified atom stereocenters. The summed E-state index contributed by atoms with van der Waals surface area (Å²) in [6.45, 7) is 4.36. The Morgan fingerprint density at radius 3 is 2.30 bits per heavy atom. The summed E-state index contributed by atoms with van der Waals surface area (Å²) in [6, 6.07) is 23.7. The van der Waals surface area contributed by atoms with Crippen molar-refractivity contribution in [2.24, 2.45) is 0 Å². The molecule has 5 heteroatoms. The topological polar surface area (TPSA) is 47.6 Å². The maximum atomic E-state index is 12.5. The van der Waals surface area contributed by atoms with Gasteiger partial charge in [-0.1, -0.05) is 36.4 Å². The van der Waals surface area contributed by atoms with Crippen molar-refractivity contribution in [3.63, 3.8) is 0 Å². The maximum Gasteiger partial charge on any atom is 0.251 e. The van der Waals surface area contributed by atoms with Gasteiger partial charge in [0.15, 0.2) is 11.5 Å². The van der Waals surface area contributed by atoms with E-state index in [2.05, 4.69) is 17.4 Å². The van der Waals surface area contributed by atoms with Gasteiger partial charge in [0.2, 0.25) is 0 Å². The highest BCUT2D eigenvalue weighted by atomic mass is 32.2. The highest BCUT2D eigenvalue weighted by Crippen LogP contribution is 2.29. The normalized spacial score (nSPS) is 10.7. The van der Waals surface area contributed by atoms with Gasteiger partial charge in [-0.2, -0.15) is 0 Å². The van der Waals surface area contributed by atoms with E-state index in [1.807, 2.05) is 74.5 Å². The zero-order chi connectivity index (χ0) is 21.3. The zero-order valence-electron chi connectivity index (χ0n) is 17.6. The molecule has 0 fully saturated rings. The van der Waals surface area contributed by atoms with Crippen molar-refractivity contribution >= 4 is 17.7 Å². The lowest BCUT2D eigenvalue weighted by Crippen LogP contribution is -2.22. The number of carbonyl (C=O) groups excluding carboxylic acids is 1. The molecule has 30 heavy (non-hydrogen) atoms. The second-order valence-corrected chi connectivity index (χ2v) is 8.18. The molecule has 0 aliphatic heterocycles. The Morgan fingerprint density at radius 1 is 0.933 bits per heavy atom. The molecule has 0 aliphatic rings. The minimum absolute atomic E-state index is 0.0681. The molecule has 0 radical (unpaired) electrons. The number of methoxy groups -OCH3 is 1. The first kappa shape index (κ1) is 21.8. The molecular formula is C25H27NO3S. The highest BCUT2D eigenvalue weighted by molar-refractivity contribution is 7.98. The maximum absolute atomic E-state index is 12.5. The fraction of sp³-hybridized carbons (Fsp3) is 0.240. The summed E-state index contributed by atoms with van der Waals surface area (Å²) in [5.74, 6) is 2.14. The molecule has 4 nitrogen and oxygen atoms in total. The number of thioether (sulfide) groups is 1. The third-order valence-corrected chi connectivity index (χ3v) is 5.49. The first-order valence-electron chi connectivity index (χ1n) is 9.93. The van der Waals surface area contributed by atoms with Gasteiger partial charge in [-0.3, -0.25) is 4.79 Å². The monoisotopic (exact) mass is 421 g/mol. The number of ether oxygens (including phenoxy) is 2. The summed E-state index contributed by atoms with van der Waals surface area (Å²) >= 11 is 1.78. The highest BCUT2D eigenvalue weighted by Gasteiger charge is 2.10. The number of carbonyl (C=O) groups is 1. The van der Waals surface area contributed by atoms with E-state index in [1.54, 1.807) is 18.9 Å². The molecule has 1 amide bonds. The lowest BCUT2D eigenvalue weighted by atomic mass is 10.1. The number of hydrogen-bond acceptors (Lipinski definition) is 4. The SMILES string of the molecule is COc1cc(CNC(=O)c2ccc(CSc3ccccc3)cc2)ccc1OC(C)C. The summed E-state index contributed by atoms with van der Waals surface area (Å²) in [7, 11) is 1.61. The number of rotatable bonds is 9. The molecular weight excluding hydrogens is 394 g/mol. The van der Waals surface area contributed by atoms with Gasteiger partial charge in [-0.05, 0) is 61.4 Å². The van der Waals surface area contributed by atoms with Crippen LogP contribution in [0.15, 0.2) is 77.7 Å². The predicted molar refractivity (Wildman–Crippen MR) is 122 cm³/mol. The van der Waals surface area contributed by atoms with Crippen LogP contribution in [0.4, 0.5) is 0 Å². The van der Waals surface area contributed by atoms with E-state index in [0.29, 0.717) is 23.6 Å². The molecule has 0 aromatic heterocycles. The summed E-state index contributed by atoms with van der Waals surface area (Å²) < 4.78 is 11.1. The van der Waals surface area contributed by atoms with E-state index < -0.39 is 0 Å². The van der Waals surface area contributed by atoms with Gasteiger partial charge in [0.25, 0.3) is 5.91 Å². The molecule has 0 saturated heterocycles. The summed E-state index contributed by atoms with van der Waals surface area (Å²) in [5, 5.41) is 2.96. The van der Waals surface area contributed by atoms with Crippen LogP contribution >= 0.6 is 11.8 Å². The van der Waals surface area contributed by atoms with Crippen molar-refractivity contribution < 1.29 is 14.3 Å². The van der Waals surface area contributed by atoms with Crippen LogP contribution in [-0.4, -0.2) is 19.1 Å². The molecule has 3 aromatic rings. The Hall–Kier alpha value is -2.92. The Labute approximate surface area is 182 Å². The Bertz CT molecular complexity index is 956. The van der Waals surface area contributed by atoms with Gasteiger partial charge in [0, 0.05) is 22.8 Å². The lowest BCUT2D eigenvalue weighted by molar-refractivity contribution is 0.0951. The van der Waals surface area contributed by atoms with Crippen LogP contribution in [-0.2, 0) is 12.3 Å². The van der Waals surface area contributed by atoms with Crippen LogP contribution < -0.4 is 14.8 Å². The first-order chi connectivity index (χ1) is 14.5. The summed E-state index contributed by atoms with van der Waals surface area (Å²) in [6.07, 6.45) is 0.0681. The van der Waals surface area contributed by atoms with E-state index >= 15 is 0 Å². The fourth-order valence-electron chi connectivity index (χ4n) is 2.89. The Balaban J connectivity index is 1.54. The van der Waals surface area contributed by atoms with E-state index in [1.165, 1.54) is 10.5 Å². The van der Waals surface area contributed by atoms with Gasteiger partial charge < -0.3 is 14.8 Å². The van der Waals surface area contributed by atoms with Crippen LogP contribution in [0.25, 0.3) is 0 Å². The van der Waals surface area contributed by atoms with Crippen molar-refractivity contribution in [1.82, 2.24) is 5.32 Å². The van der Waals surface area contributed by atoms with E-state index in [9.17, 15) is 4.79 Å². The van der Waals surface area contributed by atoms with Crippen LogP contribution in [0, 0.1) is 0 Å². The van der Waals surface area contributed by atoms with Crippen LogP contribution in [0.2, 0.25) is 0 Å². The van der Waals surface area contributed by atoms with E-state index in [-0.39, 0.29) is 12.0 Å². The second-order valence-electron chi connectivity index (χ2n) is 7.13. The van der Waals surface area contributed by atoms with E-state index in [0.717, 1.165) is 11.3 Å². The van der Waals surface area contributed by atoms with Crippen LogP contribution in [0.3, 0.4) is 0 Å². The molecule has 0 spiro atoms. The average Bonchev–Trinajstić information content (AvgIpc) is 2.77. The van der Waals surface area contributed by atoms with Gasteiger partial charge in [0.05, 0.1) is 13.2 Å². The molecule has 1 N–H and O–H groups in total. The van der Waals surface area contributed by atoms with Crippen molar-refractivity contribution in [2.45, 2.75) is 37.1 Å². The van der Waals surface area contributed by atoms with Crippen molar-refractivity contribution in [1.29, 1.82) is 0 Å². The van der Waals surface area contributed by atoms with Crippen molar-refractivity contribution in [2.75, 3.05) is 7.11 Å². The molecule has 0 saturated carbocycles. The molecule has 3 aromatic carbocycles. The molecule has 3 rings (SSSR count). The Kier molecular flexibility index (Phi) is 7.80. The van der Waals surface area contributed by atoms with Gasteiger partial charge in [-0.25, -0.2) is 0 Å². The smallest absolute Gasteiger partial charge is 0.251 e. The van der Waals surface area contributed by atoms with Gasteiger partial charge in [0.1, 0.15) is 0 Å². The third kappa shape index (κ3) is 6.29. The van der Waals surface area contributed by atoms with Gasteiger partial charge in [-0.15, -0.1) is 11.8 Å². The zero-order valence-corrected chi connectivity index (χ0v) is 18.4. The number of benzene rings is 3. The van der Waals surface area contributed by atoms with Crippen molar-refractivity contribution in [3.05, 3.63) is 89.5 Å². The molecule has 0 heterocycles. The molecule has 156 valence electrons.